The van der Waals surface area contributed by atoms with Crippen LogP contribution in [0.5, 0.6) is 0 Å². The van der Waals surface area contributed by atoms with Crippen LogP contribution in [0.4, 0.5) is 0 Å². The zero-order valence-corrected chi connectivity index (χ0v) is 12.9. The minimum Gasteiger partial charge on any atom is -0.481 e. The molecule has 0 amide bonds. The Morgan fingerprint density at radius 3 is 2.62 bits per heavy atom. The summed E-state index contributed by atoms with van der Waals surface area (Å²) in [5.74, 6) is -1.04. The second-order valence-corrected chi connectivity index (χ2v) is 5.25. The first-order valence-corrected chi connectivity index (χ1v) is 7.33. The summed E-state index contributed by atoms with van der Waals surface area (Å²) in [5.41, 5.74) is 2.25. The van der Waals surface area contributed by atoms with E-state index < -0.39 is 17.9 Å². The third-order valence-corrected chi connectivity index (χ3v) is 3.63. The SMILES string of the molecule is COC(CC(=O)O)C(=O)c1ccc2nc(-c3ccccc3)oc2c1. The lowest BCUT2D eigenvalue weighted by Gasteiger charge is -2.11. The number of aliphatic carboxylic acids is 1. The Kier molecular flexibility index (Phi) is 4.39. The molecule has 0 spiro atoms. The quantitative estimate of drug-likeness (QED) is 0.700. The van der Waals surface area contributed by atoms with Gasteiger partial charge in [0.2, 0.25) is 5.89 Å². The van der Waals surface area contributed by atoms with E-state index in [0.29, 0.717) is 22.6 Å². The van der Waals surface area contributed by atoms with Gasteiger partial charge in [-0.1, -0.05) is 18.2 Å². The number of carboxylic acids is 1. The molecule has 0 bridgehead atoms. The van der Waals surface area contributed by atoms with Crippen molar-refractivity contribution in [2.75, 3.05) is 7.11 Å². The Morgan fingerprint density at radius 2 is 1.96 bits per heavy atom. The molecule has 1 atom stereocenters. The minimum atomic E-state index is -1.10. The lowest BCUT2D eigenvalue weighted by Crippen LogP contribution is -2.26. The fourth-order valence-corrected chi connectivity index (χ4v) is 2.41. The first kappa shape index (κ1) is 15.9. The van der Waals surface area contributed by atoms with Crippen molar-refractivity contribution in [2.24, 2.45) is 0 Å². The highest BCUT2D eigenvalue weighted by molar-refractivity contribution is 6.03. The average molecular weight is 325 g/mol. The molecule has 3 rings (SSSR count). The van der Waals surface area contributed by atoms with E-state index in [9.17, 15) is 9.59 Å². The highest BCUT2D eigenvalue weighted by Crippen LogP contribution is 2.25. The molecular formula is C18H15NO5. The molecule has 0 saturated carbocycles. The van der Waals surface area contributed by atoms with Gasteiger partial charge in [-0.15, -0.1) is 0 Å². The van der Waals surface area contributed by atoms with Crippen LogP contribution in [0.3, 0.4) is 0 Å². The Hall–Kier alpha value is -2.99. The number of fused-ring (bicyclic) bond motifs is 1. The topological polar surface area (TPSA) is 89.6 Å². The van der Waals surface area contributed by atoms with Gasteiger partial charge in [0, 0.05) is 18.2 Å². The molecule has 3 aromatic rings. The van der Waals surface area contributed by atoms with Gasteiger partial charge in [0.05, 0.1) is 6.42 Å². The Balaban J connectivity index is 1.94. The number of ether oxygens (including phenoxy) is 1. The molecule has 6 nitrogen and oxygen atoms in total. The third kappa shape index (κ3) is 3.18. The Labute approximate surface area is 137 Å². The van der Waals surface area contributed by atoms with Crippen LogP contribution in [-0.4, -0.2) is 35.1 Å². The van der Waals surface area contributed by atoms with Crippen molar-refractivity contribution in [1.29, 1.82) is 0 Å². The minimum absolute atomic E-state index is 0.325. The van der Waals surface area contributed by atoms with Crippen LogP contribution in [0.15, 0.2) is 52.9 Å². The van der Waals surface area contributed by atoms with Crippen molar-refractivity contribution in [3.63, 3.8) is 0 Å². The summed E-state index contributed by atoms with van der Waals surface area (Å²) in [6, 6.07) is 14.3. The molecule has 0 fully saturated rings. The number of nitrogens with zero attached hydrogens (tertiary/aromatic N) is 1. The van der Waals surface area contributed by atoms with E-state index in [1.54, 1.807) is 18.2 Å². The first-order chi connectivity index (χ1) is 11.6. The number of methoxy groups -OCH3 is 1. The number of hydrogen-bond donors (Lipinski definition) is 1. The second-order valence-electron chi connectivity index (χ2n) is 5.25. The average Bonchev–Trinajstić information content (AvgIpc) is 3.03. The summed E-state index contributed by atoms with van der Waals surface area (Å²) in [5, 5.41) is 8.85. The van der Waals surface area contributed by atoms with Crippen molar-refractivity contribution in [3.8, 4) is 11.5 Å². The molecule has 0 aliphatic carbocycles. The van der Waals surface area contributed by atoms with E-state index in [2.05, 4.69) is 4.98 Å². The van der Waals surface area contributed by atoms with Gasteiger partial charge in [-0.05, 0) is 30.3 Å². The molecule has 1 unspecified atom stereocenters. The van der Waals surface area contributed by atoms with Gasteiger partial charge in [-0.3, -0.25) is 9.59 Å². The Morgan fingerprint density at radius 1 is 1.21 bits per heavy atom. The molecule has 0 radical (unpaired) electrons. The molecule has 0 aliphatic heterocycles. The molecule has 1 heterocycles. The molecular weight excluding hydrogens is 310 g/mol. The number of ketones is 1. The van der Waals surface area contributed by atoms with E-state index in [0.717, 1.165) is 5.56 Å². The van der Waals surface area contributed by atoms with Crippen molar-refractivity contribution >= 4 is 22.9 Å². The number of carbonyl (C=O) groups is 2. The number of hydrogen-bond acceptors (Lipinski definition) is 5. The highest BCUT2D eigenvalue weighted by atomic mass is 16.5. The van der Waals surface area contributed by atoms with Gasteiger partial charge in [0.25, 0.3) is 0 Å². The lowest BCUT2D eigenvalue weighted by molar-refractivity contribution is -0.139. The van der Waals surface area contributed by atoms with Gasteiger partial charge in [-0.2, -0.15) is 0 Å². The van der Waals surface area contributed by atoms with Crippen molar-refractivity contribution < 1.29 is 23.8 Å². The summed E-state index contributed by atoms with van der Waals surface area (Å²) in [6.07, 6.45) is -1.42. The fourth-order valence-electron chi connectivity index (χ4n) is 2.41. The molecule has 122 valence electrons. The van der Waals surface area contributed by atoms with Crippen molar-refractivity contribution in [2.45, 2.75) is 12.5 Å². The molecule has 0 aliphatic rings. The molecule has 2 aromatic carbocycles. The Bertz CT molecular complexity index is 885. The third-order valence-electron chi connectivity index (χ3n) is 3.63. The molecule has 6 heteroatoms. The maximum absolute atomic E-state index is 12.4. The van der Waals surface area contributed by atoms with Crippen LogP contribution in [0, 0.1) is 0 Å². The number of benzene rings is 2. The molecule has 1 aromatic heterocycles. The first-order valence-electron chi connectivity index (χ1n) is 7.33. The van der Waals surface area contributed by atoms with E-state index in [1.807, 2.05) is 30.3 Å². The van der Waals surface area contributed by atoms with Crippen molar-refractivity contribution in [3.05, 3.63) is 54.1 Å². The number of rotatable bonds is 6. The normalized spacial score (nSPS) is 12.2. The smallest absolute Gasteiger partial charge is 0.306 e. The van der Waals surface area contributed by atoms with Crippen LogP contribution in [0.25, 0.3) is 22.6 Å². The maximum Gasteiger partial charge on any atom is 0.306 e. The largest absolute Gasteiger partial charge is 0.481 e. The molecule has 1 N–H and O–H groups in total. The number of carboxylic acid groups (broad SMARTS) is 1. The zero-order valence-electron chi connectivity index (χ0n) is 12.9. The number of Topliss-reactive ketones (excluding diaryl/α,β-unsaturated/α-hetero) is 1. The van der Waals surface area contributed by atoms with Gasteiger partial charge >= 0.3 is 5.97 Å². The molecule has 24 heavy (non-hydrogen) atoms. The van der Waals surface area contributed by atoms with Gasteiger partial charge < -0.3 is 14.3 Å². The number of aromatic nitrogens is 1. The van der Waals surface area contributed by atoms with Crippen LogP contribution < -0.4 is 0 Å². The lowest BCUT2D eigenvalue weighted by atomic mass is 10.0. The van der Waals surface area contributed by atoms with Crippen molar-refractivity contribution in [1.82, 2.24) is 4.98 Å². The standard InChI is InChI=1S/C18H15NO5/c1-23-15(10-16(20)21)17(22)12-7-8-13-14(9-12)24-18(19-13)11-5-3-2-4-6-11/h2-9,15H,10H2,1H3,(H,20,21). The van der Waals surface area contributed by atoms with E-state index in [4.69, 9.17) is 14.3 Å². The summed E-state index contributed by atoms with van der Waals surface area (Å²) in [6.45, 7) is 0. The summed E-state index contributed by atoms with van der Waals surface area (Å²) >= 11 is 0. The van der Waals surface area contributed by atoms with Gasteiger partial charge in [0.1, 0.15) is 11.6 Å². The van der Waals surface area contributed by atoms with Gasteiger partial charge in [0.15, 0.2) is 11.4 Å². The van der Waals surface area contributed by atoms with Crippen LogP contribution in [0.1, 0.15) is 16.8 Å². The fraction of sp³-hybridized carbons (Fsp3) is 0.167. The van der Waals surface area contributed by atoms with Crippen LogP contribution >= 0.6 is 0 Å². The second kappa shape index (κ2) is 6.64. The summed E-state index contributed by atoms with van der Waals surface area (Å²) < 4.78 is 10.7. The zero-order chi connectivity index (χ0) is 17.1. The van der Waals surface area contributed by atoms with E-state index >= 15 is 0 Å². The maximum atomic E-state index is 12.4. The monoisotopic (exact) mass is 325 g/mol. The predicted molar refractivity (Wildman–Crippen MR) is 86.8 cm³/mol. The van der Waals surface area contributed by atoms with Crippen LogP contribution in [-0.2, 0) is 9.53 Å². The summed E-state index contributed by atoms with van der Waals surface area (Å²) in [7, 11) is 1.31. The highest BCUT2D eigenvalue weighted by Gasteiger charge is 2.23. The van der Waals surface area contributed by atoms with E-state index in [1.165, 1.54) is 7.11 Å². The van der Waals surface area contributed by atoms with Crippen LogP contribution in [0.2, 0.25) is 0 Å². The number of carbonyl (C=O) groups excluding carboxylic acids is 1. The predicted octanol–water partition coefficient (Wildman–Crippen LogP) is 3.17. The summed E-state index contributed by atoms with van der Waals surface area (Å²) in [4.78, 5) is 27.6. The molecule has 0 saturated heterocycles. The number of oxazole rings is 1. The van der Waals surface area contributed by atoms with E-state index in [-0.39, 0.29) is 6.42 Å². The van der Waals surface area contributed by atoms with Gasteiger partial charge in [-0.25, -0.2) is 4.98 Å².